The van der Waals surface area contributed by atoms with Crippen LogP contribution in [0.25, 0.3) is 5.65 Å². The molecule has 1 N–H and O–H groups in total. The second kappa shape index (κ2) is 7.42. The maximum Gasteiger partial charge on any atom is 0.259 e. The zero-order valence-electron chi connectivity index (χ0n) is 15.7. The van der Waals surface area contributed by atoms with Crippen LogP contribution in [0.4, 0.5) is 5.69 Å². The third-order valence-electron chi connectivity index (χ3n) is 4.45. The largest absolute Gasteiger partial charge is 0.322 e. The Kier molecular flexibility index (Phi) is 4.65. The summed E-state index contributed by atoms with van der Waals surface area (Å²) in [5.74, 6) is 6.08. The molecular formula is C24H19N3O. The molecular weight excluding hydrogens is 346 g/mol. The van der Waals surface area contributed by atoms with E-state index in [0.29, 0.717) is 11.2 Å². The van der Waals surface area contributed by atoms with Crippen LogP contribution in [0.15, 0.2) is 72.9 Å². The lowest BCUT2D eigenvalue weighted by molar-refractivity contribution is 0.102. The first-order valence-corrected chi connectivity index (χ1v) is 9.04. The van der Waals surface area contributed by atoms with Crippen LogP contribution in [0, 0.1) is 25.7 Å². The van der Waals surface area contributed by atoms with Crippen LogP contribution in [-0.4, -0.2) is 15.3 Å². The van der Waals surface area contributed by atoms with E-state index in [1.54, 1.807) is 6.07 Å². The molecule has 4 aromatic rings. The lowest BCUT2D eigenvalue weighted by atomic mass is 10.1. The Morgan fingerprint density at radius 3 is 2.32 bits per heavy atom. The minimum atomic E-state index is -0.178. The second-order valence-corrected chi connectivity index (χ2v) is 6.61. The van der Waals surface area contributed by atoms with E-state index >= 15 is 0 Å². The number of aromatic nitrogens is 2. The van der Waals surface area contributed by atoms with E-state index in [1.165, 1.54) is 0 Å². The summed E-state index contributed by atoms with van der Waals surface area (Å²) in [6.45, 7) is 3.93. The molecule has 0 aliphatic carbocycles. The van der Waals surface area contributed by atoms with Gasteiger partial charge >= 0.3 is 0 Å². The van der Waals surface area contributed by atoms with Crippen LogP contribution in [0.2, 0.25) is 0 Å². The Bertz CT molecular complexity index is 1210. The van der Waals surface area contributed by atoms with E-state index in [-0.39, 0.29) is 5.91 Å². The Balaban J connectivity index is 1.52. The van der Waals surface area contributed by atoms with Gasteiger partial charge in [0.2, 0.25) is 0 Å². The first-order valence-electron chi connectivity index (χ1n) is 9.04. The number of rotatable bonds is 2. The standard InChI is InChI=1S/C24H19N3O/c1-17-16-18(2)27-15-14-22(23(27)25-17)24(28)26-21-12-10-20(11-13-21)9-8-19-6-4-3-5-7-19/h3-7,10-16H,1-2H3,(H,26,28). The minimum absolute atomic E-state index is 0.178. The van der Waals surface area contributed by atoms with Gasteiger partial charge in [-0.25, -0.2) is 4.98 Å². The van der Waals surface area contributed by atoms with Gasteiger partial charge < -0.3 is 9.72 Å². The van der Waals surface area contributed by atoms with Gasteiger partial charge in [-0.15, -0.1) is 0 Å². The fraction of sp³-hybridized carbons (Fsp3) is 0.0833. The Hall–Kier alpha value is -3.84. The SMILES string of the molecule is Cc1cc(C)n2ccc(C(=O)Nc3ccc(C#Cc4ccccc4)cc3)c2n1. The summed E-state index contributed by atoms with van der Waals surface area (Å²) in [7, 11) is 0. The van der Waals surface area contributed by atoms with Gasteiger partial charge in [0.15, 0.2) is 0 Å². The van der Waals surface area contributed by atoms with Gasteiger partial charge in [-0.3, -0.25) is 4.79 Å². The van der Waals surface area contributed by atoms with Crippen LogP contribution in [0.5, 0.6) is 0 Å². The fourth-order valence-corrected chi connectivity index (χ4v) is 3.07. The maximum absolute atomic E-state index is 12.7. The molecule has 0 spiro atoms. The van der Waals surface area contributed by atoms with Gasteiger partial charge in [0.1, 0.15) is 5.65 Å². The topological polar surface area (TPSA) is 46.4 Å². The molecule has 0 bridgehead atoms. The number of amides is 1. The Morgan fingerprint density at radius 1 is 0.929 bits per heavy atom. The van der Waals surface area contributed by atoms with Crippen LogP contribution in [0.3, 0.4) is 0 Å². The molecule has 2 heterocycles. The van der Waals surface area contributed by atoms with Gasteiger partial charge in [-0.05, 0) is 62.4 Å². The molecule has 4 heteroatoms. The summed E-state index contributed by atoms with van der Waals surface area (Å²) in [5, 5.41) is 2.94. The van der Waals surface area contributed by atoms with E-state index in [2.05, 4.69) is 22.1 Å². The highest BCUT2D eigenvalue weighted by atomic mass is 16.1. The van der Waals surface area contributed by atoms with E-state index in [1.807, 2.05) is 85.1 Å². The fourth-order valence-electron chi connectivity index (χ4n) is 3.07. The maximum atomic E-state index is 12.7. The van der Waals surface area contributed by atoms with Gasteiger partial charge in [0.25, 0.3) is 5.91 Å². The highest BCUT2D eigenvalue weighted by molar-refractivity contribution is 6.08. The molecule has 0 saturated heterocycles. The third kappa shape index (κ3) is 3.65. The summed E-state index contributed by atoms with van der Waals surface area (Å²) in [5.41, 5.74) is 5.74. The number of carbonyl (C=O) groups is 1. The molecule has 2 aromatic carbocycles. The number of hydrogen-bond acceptors (Lipinski definition) is 2. The van der Waals surface area contributed by atoms with Crippen LogP contribution >= 0.6 is 0 Å². The molecule has 0 aliphatic rings. The molecule has 0 unspecified atom stereocenters. The summed E-state index contributed by atoms with van der Waals surface area (Å²) < 4.78 is 1.92. The van der Waals surface area contributed by atoms with Crippen molar-refractivity contribution in [3.05, 3.63) is 101 Å². The first kappa shape index (κ1) is 17.6. The lowest BCUT2D eigenvalue weighted by Crippen LogP contribution is -2.12. The van der Waals surface area contributed by atoms with Crippen molar-refractivity contribution in [1.82, 2.24) is 9.38 Å². The number of anilines is 1. The number of fused-ring (bicyclic) bond motifs is 1. The van der Waals surface area contributed by atoms with Crippen molar-refractivity contribution in [3.63, 3.8) is 0 Å². The summed E-state index contributed by atoms with van der Waals surface area (Å²) >= 11 is 0. The molecule has 4 nitrogen and oxygen atoms in total. The average Bonchev–Trinajstić information content (AvgIpc) is 3.12. The number of aryl methyl sites for hydroxylation is 2. The molecule has 136 valence electrons. The molecule has 0 aliphatic heterocycles. The molecule has 1 amide bonds. The van der Waals surface area contributed by atoms with Crippen molar-refractivity contribution in [3.8, 4) is 11.8 Å². The quantitative estimate of drug-likeness (QED) is 0.528. The minimum Gasteiger partial charge on any atom is -0.322 e. The van der Waals surface area contributed by atoms with E-state index in [9.17, 15) is 4.79 Å². The monoisotopic (exact) mass is 365 g/mol. The van der Waals surface area contributed by atoms with Gasteiger partial charge in [0.05, 0.1) is 5.56 Å². The predicted molar refractivity (Wildman–Crippen MR) is 111 cm³/mol. The average molecular weight is 365 g/mol. The highest BCUT2D eigenvalue weighted by Gasteiger charge is 2.14. The molecule has 0 radical (unpaired) electrons. The zero-order chi connectivity index (χ0) is 19.5. The number of nitrogens with zero attached hydrogens (tertiary/aromatic N) is 2. The van der Waals surface area contributed by atoms with Crippen molar-refractivity contribution in [2.75, 3.05) is 5.32 Å². The molecule has 0 saturated carbocycles. The van der Waals surface area contributed by atoms with Crippen molar-refractivity contribution < 1.29 is 4.79 Å². The van der Waals surface area contributed by atoms with Crippen LogP contribution < -0.4 is 5.32 Å². The Labute approximate surface area is 163 Å². The summed E-state index contributed by atoms with van der Waals surface area (Å²) in [6, 6.07) is 21.1. The second-order valence-electron chi connectivity index (χ2n) is 6.61. The normalized spacial score (nSPS) is 10.4. The molecule has 4 rings (SSSR count). The third-order valence-corrected chi connectivity index (χ3v) is 4.45. The summed E-state index contributed by atoms with van der Waals surface area (Å²) in [4.78, 5) is 17.2. The van der Waals surface area contributed by atoms with Crippen molar-refractivity contribution >= 4 is 17.2 Å². The number of hydrogen-bond donors (Lipinski definition) is 1. The van der Waals surface area contributed by atoms with Gasteiger partial charge in [-0.2, -0.15) is 0 Å². The number of benzene rings is 2. The van der Waals surface area contributed by atoms with E-state index in [0.717, 1.165) is 28.2 Å². The predicted octanol–water partition coefficient (Wildman–Crippen LogP) is 4.60. The highest BCUT2D eigenvalue weighted by Crippen LogP contribution is 2.17. The number of carbonyl (C=O) groups excluding carboxylic acids is 1. The molecule has 2 aromatic heterocycles. The van der Waals surface area contributed by atoms with E-state index in [4.69, 9.17) is 0 Å². The molecule has 0 atom stereocenters. The van der Waals surface area contributed by atoms with Crippen molar-refractivity contribution in [2.45, 2.75) is 13.8 Å². The first-order chi connectivity index (χ1) is 13.6. The van der Waals surface area contributed by atoms with Crippen molar-refractivity contribution in [2.24, 2.45) is 0 Å². The molecule has 28 heavy (non-hydrogen) atoms. The lowest BCUT2D eigenvalue weighted by Gasteiger charge is -2.06. The van der Waals surface area contributed by atoms with Crippen LogP contribution in [-0.2, 0) is 0 Å². The van der Waals surface area contributed by atoms with Gasteiger partial charge in [-0.1, -0.05) is 30.0 Å². The van der Waals surface area contributed by atoms with Gasteiger partial charge in [0, 0.05) is 34.4 Å². The smallest absolute Gasteiger partial charge is 0.259 e. The van der Waals surface area contributed by atoms with Crippen LogP contribution in [0.1, 0.15) is 32.9 Å². The van der Waals surface area contributed by atoms with E-state index < -0.39 is 0 Å². The zero-order valence-corrected chi connectivity index (χ0v) is 15.7. The van der Waals surface area contributed by atoms with Crippen molar-refractivity contribution in [1.29, 1.82) is 0 Å². The number of nitrogens with one attached hydrogen (secondary N) is 1. The Morgan fingerprint density at radius 2 is 1.61 bits per heavy atom. The summed E-state index contributed by atoms with van der Waals surface area (Å²) in [6.07, 6.45) is 1.87. The molecule has 0 fully saturated rings.